The van der Waals surface area contributed by atoms with E-state index in [1.165, 1.54) is 4.90 Å². The smallest absolute Gasteiger partial charge is 0.407 e. The maximum Gasteiger partial charge on any atom is 0.407 e. The molecule has 0 aromatic heterocycles. The first-order valence-electron chi connectivity index (χ1n) is 4.23. The molecule has 13 heavy (non-hydrogen) atoms. The fraction of sp³-hybridized carbons (Fsp3) is 0.667. The molecule has 1 rings (SSSR count). The predicted octanol–water partition coefficient (Wildman–Crippen LogP) is 0.779. The third-order valence-electron chi connectivity index (χ3n) is 1.92. The van der Waals surface area contributed by atoms with Gasteiger partial charge in [-0.15, -0.1) is 11.8 Å². The highest BCUT2D eigenvalue weighted by Gasteiger charge is 2.22. The molecule has 0 aromatic carbocycles. The van der Waals surface area contributed by atoms with E-state index in [4.69, 9.17) is 9.84 Å². The van der Waals surface area contributed by atoms with Crippen molar-refractivity contribution in [1.29, 1.82) is 0 Å². The summed E-state index contributed by atoms with van der Waals surface area (Å²) in [4.78, 5) is 12.0. The summed E-state index contributed by atoms with van der Waals surface area (Å²) in [6.45, 7) is 3.13. The first kappa shape index (κ1) is 9.87. The number of carbonyl (C=O) groups is 1. The fourth-order valence-corrected chi connectivity index (χ4v) is 1.23. The van der Waals surface area contributed by atoms with E-state index in [-0.39, 0.29) is 6.10 Å². The van der Waals surface area contributed by atoms with Crippen LogP contribution in [0, 0.1) is 11.8 Å². The minimum absolute atomic E-state index is 0.0581. The standard InChI is InChI=1S/C9H13NO3/c1-2-3-4-8-7-10(9(11)12)5-6-13-8/h8H,4-7H2,1H3,(H,11,12)/t8-/m1/s1. The predicted molar refractivity (Wildman–Crippen MR) is 47.4 cm³/mol. The van der Waals surface area contributed by atoms with Gasteiger partial charge in [-0.05, 0) is 6.92 Å². The Morgan fingerprint density at radius 2 is 2.54 bits per heavy atom. The quantitative estimate of drug-likeness (QED) is 0.611. The Labute approximate surface area is 77.5 Å². The second-order valence-corrected chi connectivity index (χ2v) is 2.85. The average molecular weight is 183 g/mol. The van der Waals surface area contributed by atoms with Crippen molar-refractivity contribution in [2.75, 3.05) is 19.7 Å². The summed E-state index contributed by atoms with van der Waals surface area (Å²) < 4.78 is 5.35. The molecule has 1 fully saturated rings. The van der Waals surface area contributed by atoms with E-state index in [1.807, 2.05) is 0 Å². The van der Waals surface area contributed by atoms with Crippen LogP contribution >= 0.6 is 0 Å². The Kier molecular flexibility index (Phi) is 3.59. The molecule has 1 N–H and O–H groups in total. The summed E-state index contributed by atoms with van der Waals surface area (Å²) in [5.74, 6) is 5.65. The number of hydrogen-bond acceptors (Lipinski definition) is 2. The molecule has 1 aliphatic rings. The van der Waals surface area contributed by atoms with Gasteiger partial charge in [-0.2, -0.15) is 0 Å². The molecule has 0 radical (unpaired) electrons. The van der Waals surface area contributed by atoms with Gasteiger partial charge >= 0.3 is 6.09 Å². The number of morpholine rings is 1. The van der Waals surface area contributed by atoms with Crippen LogP contribution in [-0.2, 0) is 4.74 Å². The molecule has 1 heterocycles. The van der Waals surface area contributed by atoms with Crippen LogP contribution in [-0.4, -0.2) is 41.9 Å². The number of hydrogen-bond donors (Lipinski definition) is 1. The lowest BCUT2D eigenvalue weighted by molar-refractivity contribution is -0.0187. The molecule has 1 aliphatic heterocycles. The molecule has 4 heteroatoms. The molecule has 1 saturated heterocycles. The third-order valence-corrected chi connectivity index (χ3v) is 1.92. The van der Waals surface area contributed by atoms with Crippen molar-refractivity contribution in [1.82, 2.24) is 4.90 Å². The molecular weight excluding hydrogens is 170 g/mol. The molecule has 0 unspecified atom stereocenters. The molecule has 4 nitrogen and oxygen atoms in total. The zero-order valence-corrected chi connectivity index (χ0v) is 7.62. The molecule has 0 bridgehead atoms. The minimum Gasteiger partial charge on any atom is -0.465 e. The van der Waals surface area contributed by atoms with Crippen LogP contribution in [0.15, 0.2) is 0 Å². The number of carboxylic acid groups (broad SMARTS) is 1. The first-order chi connectivity index (χ1) is 6.24. The topological polar surface area (TPSA) is 49.8 Å². The monoisotopic (exact) mass is 183 g/mol. The van der Waals surface area contributed by atoms with E-state index in [9.17, 15) is 4.79 Å². The van der Waals surface area contributed by atoms with Crippen LogP contribution in [0.5, 0.6) is 0 Å². The average Bonchev–Trinajstić information content (AvgIpc) is 2.15. The van der Waals surface area contributed by atoms with Crippen molar-refractivity contribution in [3.63, 3.8) is 0 Å². The van der Waals surface area contributed by atoms with Crippen LogP contribution in [0.4, 0.5) is 4.79 Å². The second-order valence-electron chi connectivity index (χ2n) is 2.85. The molecule has 0 saturated carbocycles. The van der Waals surface area contributed by atoms with Crippen LogP contribution in [0.3, 0.4) is 0 Å². The van der Waals surface area contributed by atoms with Crippen molar-refractivity contribution in [2.45, 2.75) is 19.4 Å². The van der Waals surface area contributed by atoms with Crippen molar-refractivity contribution in [3.8, 4) is 11.8 Å². The van der Waals surface area contributed by atoms with E-state index in [0.29, 0.717) is 26.1 Å². The third kappa shape index (κ3) is 2.96. The van der Waals surface area contributed by atoms with Crippen LogP contribution in [0.1, 0.15) is 13.3 Å². The van der Waals surface area contributed by atoms with Crippen LogP contribution in [0.25, 0.3) is 0 Å². The molecule has 0 spiro atoms. The van der Waals surface area contributed by atoms with Gasteiger partial charge in [-0.25, -0.2) is 4.79 Å². The van der Waals surface area contributed by atoms with Crippen molar-refractivity contribution in [2.24, 2.45) is 0 Å². The fourth-order valence-electron chi connectivity index (χ4n) is 1.23. The lowest BCUT2D eigenvalue weighted by atomic mass is 10.2. The van der Waals surface area contributed by atoms with Gasteiger partial charge in [0.1, 0.15) is 0 Å². The van der Waals surface area contributed by atoms with E-state index in [1.54, 1.807) is 6.92 Å². The molecule has 1 atom stereocenters. The molecule has 1 amide bonds. The van der Waals surface area contributed by atoms with E-state index < -0.39 is 6.09 Å². The largest absolute Gasteiger partial charge is 0.465 e. The highest BCUT2D eigenvalue weighted by molar-refractivity contribution is 5.65. The Morgan fingerprint density at radius 1 is 1.77 bits per heavy atom. The SMILES string of the molecule is CC#CC[C@@H]1CN(C(=O)O)CCO1. The lowest BCUT2D eigenvalue weighted by Gasteiger charge is -2.29. The Morgan fingerprint density at radius 3 is 3.15 bits per heavy atom. The lowest BCUT2D eigenvalue weighted by Crippen LogP contribution is -2.44. The molecule has 0 aliphatic carbocycles. The van der Waals surface area contributed by atoms with Gasteiger partial charge in [0.25, 0.3) is 0 Å². The van der Waals surface area contributed by atoms with Gasteiger partial charge < -0.3 is 14.7 Å². The minimum atomic E-state index is -0.877. The summed E-state index contributed by atoms with van der Waals surface area (Å²) >= 11 is 0. The van der Waals surface area contributed by atoms with Crippen LogP contribution in [0.2, 0.25) is 0 Å². The van der Waals surface area contributed by atoms with Crippen molar-refractivity contribution < 1.29 is 14.6 Å². The number of amides is 1. The van der Waals surface area contributed by atoms with Crippen molar-refractivity contribution in [3.05, 3.63) is 0 Å². The number of ether oxygens (including phenoxy) is 1. The highest BCUT2D eigenvalue weighted by atomic mass is 16.5. The second kappa shape index (κ2) is 4.73. The maximum absolute atomic E-state index is 10.6. The summed E-state index contributed by atoms with van der Waals surface area (Å²) in [5.41, 5.74) is 0. The van der Waals surface area contributed by atoms with Gasteiger partial charge in [0, 0.05) is 13.0 Å². The van der Waals surface area contributed by atoms with Gasteiger partial charge in [-0.1, -0.05) is 0 Å². The maximum atomic E-state index is 10.6. The first-order valence-corrected chi connectivity index (χ1v) is 4.23. The summed E-state index contributed by atoms with van der Waals surface area (Å²) in [5, 5.41) is 8.72. The van der Waals surface area contributed by atoms with E-state index in [2.05, 4.69) is 11.8 Å². The Bertz CT molecular complexity index is 241. The van der Waals surface area contributed by atoms with Gasteiger partial charge in [0.05, 0.1) is 19.3 Å². The van der Waals surface area contributed by atoms with Gasteiger partial charge in [0.2, 0.25) is 0 Å². The summed E-state index contributed by atoms with van der Waals surface area (Å²) in [7, 11) is 0. The van der Waals surface area contributed by atoms with E-state index in [0.717, 1.165) is 0 Å². The Hall–Kier alpha value is -1.21. The molecular formula is C9H13NO3. The van der Waals surface area contributed by atoms with Crippen molar-refractivity contribution >= 4 is 6.09 Å². The highest BCUT2D eigenvalue weighted by Crippen LogP contribution is 2.07. The van der Waals surface area contributed by atoms with Gasteiger partial charge in [0.15, 0.2) is 0 Å². The molecule has 0 aromatic rings. The normalized spacial score (nSPS) is 21.9. The van der Waals surface area contributed by atoms with E-state index >= 15 is 0 Å². The van der Waals surface area contributed by atoms with Crippen LogP contribution < -0.4 is 0 Å². The zero-order valence-electron chi connectivity index (χ0n) is 7.62. The summed E-state index contributed by atoms with van der Waals surface area (Å²) in [6.07, 6.45) is -0.324. The summed E-state index contributed by atoms with van der Waals surface area (Å²) in [6, 6.07) is 0. The zero-order chi connectivity index (χ0) is 9.68. The number of nitrogens with zero attached hydrogens (tertiary/aromatic N) is 1. The molecule has 72 valence electrons. The van der Waals surface area contributed by atoms with Gasteiger partial charge in [-0.3, -0.25) is 0 Å². The number of rotatable bonds is 1. The Balaban J connectivity index is 2.40.